The van der Waals surface area contributed by atoms with E-state index in [2.05, 4.69) is 27.9 Å². The average molecular weight is 273 g/mol. The lowest BCUT2D eigenvalue weighted by atomic mass is 10.5. The molecule has 0 aliphatic rings. The van der Waals surface area contributed by atoms with E-state index in [0.29, 0.717) is 5.75 Å². The van der Waals surface area contributed by atoms with Gasteiger partial charge in [0.05, 0.1) is 5.75 Å². The Labute approximate surface area is 79.7 Å². The van der Waals surface area contributed by atoms with Crippen molar-refractivity contribution in [2.24, 2.45) is 0 Å². The van der Waals surface area contributed by atoms with Crippen LogP contribution in [0.2, 0.25) is 0 Å². The molecule has 0 aromatic heterocycles. The summed E-state index contributed by atoms with van der Waals surface area (Å²) < 4.78 is 1.11. The molecule has 0 aliphatic carbocycles. The molecular formula is C6H12INOS. The SMILES string of the molecule is CSCC(=O)NCCCI. The lowest BCUT2D eigenvalue weighted by Crippen LogP contribution is -2.26. The van der Waals surface area contributed by atoms with Crippen molar-refractivity contribution in [2.75, 3.05) is 23.0 Å². The highest BCUT2D eigenvalue weighted by atomic mass is 127. The number of hydrogen-bond donors (Lipinski definition) is 1. The molecule has 0 saturated heterocycles. The molecule has 4 heteroatoms. The molecule has 0 saturated carbocycles. The second-order valence-electron chi connectivity index (χ2n) is 1.83. The Bertz CT molecular complexity index is 99.7. The van der Waals surface area contributed by atoms with E-state index in [1.807, 2.05) is 6.26 Å². The largest absolute Gasteiger partial charge is 0.355 e. The zero-order chi connectivity index (χ0) is 7.82. The maximum absolute atomic E-state index is 10.8. The molecule has 0 spiro atoms. The first-order valence-corrected chi connectivity index (χ1v) is 6.04. The molecule has 0 aromatic carbocycles. The zero-order valence-electron chi connectivity index (χ0n) is 6.02. The van der Waals surface area contributed by atoms with Gasteiger partial charge in [-0.25, -0.2) is 0 Å². The number of alkyl halides is 1. The molecule has 0 heterocycles. The standard InChI is InChI=1S/C6H12INOS/c1-10-5-6(9)8-4-2-3-7/h2-5H2,1H3,(H,8,9). The minimum atomic E-state index is 0.150. The molecule has 1 N–H and O–H groups in total. The molecule has 1 amide bonds. The summed E-state index contributed by atoms with van der Waals surface area (Å²) in [7, 11) is 0. The van der Waals surface area contributed by atoms with Crippen LogP contribution in [0.1, 0.15) is 6.42 Å². The number of halogens is 1. The second kappa shape index (κ2) is 7.65. The van der Waals surface area contributed by atoms with Crippen LogP contribution in [-0.4, -0.2) is 28.9 Å². The number of nitrogens with one attached hydrogen (secondary N) is 1. The highest BCUT2D eigenvalue weighted by Crippen LogP contribution is 1.90. The lowest BCUT2D eigenvalue weighted by molar-refractivity contribution is -0.118. The summed E-state index contributed by atoms with van der Waals surface area (Å²) in [5, 5.41) is 2.82. The fourth-order valence-electron chi connectivity index (χ4n) is 0.477. The fourth-order valence-corrected chi connectivity index (χ4v) is 1.22. The molecule has 2 nitrogen and oxygen atoms in total. The van der Waals surface area contributed by atoms with Gasteiger partial charge >= 0.3 is 0 Å². The van der Waals surface area contributed by atoms with Crippen LogP contribution >= 0.6 is 34.4 Å². The topological polar surface area (TPSA) is 29.1 Å². The normalized spacial score (nSPS) is 9.40. The van der Waals surface area contributed by atoms with Gasteiger partial charge in [0.2, 0.25) is 5.91 Å². The third kappa shape index (κ3) is 6.67. The third-order valence-electron chi connectivity index (χ3n) is 0.908. The van der Waals surface area contributed by atoms with Gasteiger partial charge in [0.15, 0.2) is 0 Å². The Morgan fingerprint density at radius 3 is 2.90 bits per heavy atom. The Balaban J connectivity index is 3.05. The van der Waals surface area contributed by atoms with Gasteiger partial charge in [-0.1, -0.05) is 22.6 Å². The van der Waals surface area contributed by atoms with Crippen LogP contribution in [0.5, 0.6) is 0 Å². The number of hydrogen-bond acceptors (Lipinski definition) is 2. The van der Waals surface area contributed by atoms with Crippen molar-refractivity contribution >= 4 is 40.3 Å². The van der Waals surface area contributed by atoms with Crippen molar-refractivity contribution in [3.63, 3.8) is 0 Å². The molecule has 0 aliphatic heterocycles. The Morgan fingerprint density at radius 1 is 1.70 bits per heavy atom. The van der Waals surface area contributed by atoms with E-state index in [1.54, 1.807) is 11.8 Å². The minimum absolute atomic E-state index is 0.150. The van der Waals surface area contributed by atoms with Gasteiger partial charge in [-0.2, -0.15) is 11.8 Å². The van der Waals surface area contributed by atoms with Gasteiger partial charge in [-0.15, -0.1) is 0 Å². The summed E-state index contributed by atoms with van der Waals surface area (Å²) in [6, 6.07) is 0. The van der Waals surface area contributed by atoms with E-state index in [-0.39, 0.29) is 5.91 Å². The summed E-state index contributed by atoms with van der Waals surface area (Å²) in [5.41, 5.74) is 0. The molecular weight excluding hydrogens is 261 g/mol. The van der Waals surface area contributed by atoms with Crippen LogP contribution in [0.4, 0.5) is 0 Å². The first-order chi connectivity index (χ1) is 4.81. The smallest absolute Gasteiger partial charge is 0.229 e. The molecule has 0 fully saturated rings. The highest BCUT2D eigenvalue weighted by Gasteiger charge is 1.95. The quantitative estimate of drug-likeness (QED) is 0.464. The molecule has 0 bridgehead atoms. The van der Waals surface area contributed by atoms with Gasteiger partial charge in [-0.05, 0) is 12.7 Å². The van der Waals surface area contributed by atoms with Crippen molar-refractivity contribution in [3.8, 4) is 0 Å². The minimum Gasteiger partial charge on any atom is -0.355 e. The number of carbonyl (C=O) groups excluding carboxylic acids is 1. The second-order valence-corrected chi connectivity index (χ2v) is 3.77. The average Bonchev–Trinajstić information content (AvgIpc) is 1.89. The Morgan fingerprint density at radius 2 is 2.40 bits per heavy atom. The molecule has 0 unspecified atom stereocenters. The van der Waals surface area contributed by atoms with Crippen LogP contribution in [-0.2, 0) is 4.79 Å². The Kier molecular flexibility index (Phi) is 8.08. The predicted octanol–water partition coefficient (Wildman–Crippen LogP) is 1.29. The number of amides is 1. The lowest BCUT2D eigenvalue weighted by Gasteiger charge is -2.00. The molecule has 0 rings (SSSR count). The fraction of sp³-hybridized carbons (Fsp3) is 0.833. The summed E-state index contributed by atoms with van der Waals surface area (Å²) in [5.74, 6) is 0.735. The summed E-state index contributed by atoms with van der Waals surface area (Å²) in [4.78, 5) is 10.8. The number of rotatable bonds is 5. The predicted molar refractivity (Wildman–Crippen MR) is 54.9 cm³/mol. The van der Waals surface area contributed by atoms with Crippen LogP contribution in [0.25, 0.3) is 0 Å². The van der Waals surface area contributed by atoms with E-state index in [1.165, 1.54) is 0 Å². The van der Waals surface area contributed by atoms with Crippen molar-refractivity contribution < 1.29 is 4.79 Å². The molecule has 0 atom stereocenters. The number of thioether (sulfide) groups is 1. The summed E-state index contributed by atoms with van der Waals surface area (Å²) in [6.07, 6.45) is 3.00. The summed E-state index contributed by atoms with van der Waals surface area (Å²) >= 11 is 3.85. The van der Waals surface area contributed by atoms with E-state index >= 15 is 0 Å². The van der Waals surface area contributed by atoms with Crippen molar-refractivity contribution in [2.45, 2.75) is 6.42 Å². The summed E-state index contributed by atoms with van der Waals surface area (Å²) in [6.45, 7) is 0.822. The van der Waals surface area contributed by atoms with Crippen LogP contribution in [0, 0.1) is 0 Å². The maximum Gasteiger partial charge on any atom is 0.229 e. The van der Waals surface area contributed by atoms with Crippen molar-refractivity contribution in [1.82, 2.24) is 5.32 Å². The highest BCUT2D eigenvalue weighted by molar-refractivity contribution is 14.1. The van der Waals surface area contributed by atoms with E-state index < -0.39 is 0 Å². The van der Waals surface area contributed by atoms with Crippen molar-refractivity contribution in [3.05, 3.63) is 0 Å². The van der Waals surface area contributed by atoms with Crippen LogP contribution < -0.4 is 5.32 Å². The third-order valence-corrected chi connectivity index (χ3v) is 2.22. The van der Waals surface area contributed by atoms with Gasteiger partial charge in [0, 0.05) is 11.0 Å². The van der Waals surface area contributed by atoms with Crippen LogP contribution in [0.15, 0.2) is 0 Å². The molecule has 0 radical (unpaired) electrons. The van der Waals surface area contributed by atoms with Gasteiger partial charge < -0.3 is 5.32 Å². The van der Waals surface area contributed by atoms with E-state index in [0.717, 1.165) is 17.4 Å². The van der Waals surface area contributed by atoms with Crippen LogP contribution in [0.3, 0.4) is 0 Å². The van der Waals surface area contributed by atoms with Crippen molar-refractivity contribution in [1.29, 1.82) is 0 Å². The monoisotopic (exact) mass is 273 g/mol. The Hall–Kier alpha value is 0.550. The van der Waals surface area contributed by atoms with Gasteiger partial charge in [-0.3, -0.25) is 4.79 Å². The molecule has 0 aromatic rings. The van der Waals surface area contributed by atoms with E-state index in [9.17, 15) is 4.79 Å². The van der Waals surface area contributed by atoms with Gasteiger partial charge in [0.25, 0.3) is 0 Å². The maximum atomic E-state index is 10.8. The van der Waals surface area contributed by atoms with Gasteiger partial charge in [0.1, 0.15) is 0 Å². The van der Waals surface area contributed by atoms with E-state index in [4.69, 9.17) is 0 Å². The molecule has 60 valence electrons. The number of carbonyl (C=O) groups is 1. The first-order valence-electron chi connectivity index (χ1n) is 3.13. The zero-order valence-corrected chi connectivity index (χ0v) is 9.00. The molecule has 10 heavy (non-hydrogen) atoms. The first kappa shape index (κ1) is 10.6.